The highest BCUT2D eigenvalue weighted by Crippen LogP contribution is 2.10. The zero-order chi connectivity index (χ0) is 19.0. The molecule has 10 heteroatoms. The fourth-order valence-corrected chi connectivity index (χ4v) is 2.91. The van der Waals surface area contributed by atoms with Gasteiger partial charge in [-0.15, -0.1) is 5.10 Å². The topological polar surface area (TPSA) is 101 Å². The van der Waals surface area contributed by atoms with E-state index < -0.39 is 5.76 Å². The summed E-state index contributed by atoms with van der Waals surface area (Å²) >= 11 is 5.86. The van der Waals surface area contributed by atoms with Gasteiger partial charge in [-0.25, -0.2) is 14.5 Å². The van der Waals surface area contributed by atoms with Crippen molar-refractivity contribution in [1.29, 1.82) is 0 Å². The predicted molar refractivity (Wildman–Crippen MR) is 97.8 cm³/mol. The molecule has 3 aromatic heterocycles. The maximum Gasteiger partial charge on any atom is 0.437 e. The Hall–Kier alpha value is -3.20. The van der Waals surface area contributed by atoms with E-state index in [0.29, 0.717) is 29.0 Å². The third kappa shape index (κ3) is 3.41. The maximum absolute atomic E-state index is 12.5. The van der Waals surface area contributed by atoms with Crippen LogP contribution in [0.25, 0.3) is 11.0 Å². The van der Waals surface area contributed by atoms with Crippen LogP contribution in [0.3, 0.4) is 0 Å². The summed E-state index contributed by atoms with van der Waals surface area (Å²) < 4.78 is 9.21. The molecule has 0 atom stereocenters. The summed E-state index contributed by atoms with van der Waals surface area (Å²) in [5, 5.41) is 8.87. The molecule has 1 aromatic carbocycles. The molecule has 138 valence electrons. The van der Waals surface area contributed by atoms with Crippen molar-refractivity contribution in [3.63, 3.8) is 0 Å². The summed E-state index contributed by atoms with van der Waals surface area (Å²) in [6.07, 6.45) is 3.64. The molecule has 0 aliphatic rings. The molecule has 9 nitrogen and oxygen atoms in total. The first-order valence-corrected chi connectivity index (χ1v) is 8.57. The van der Waals surface area contributed by atoms with E-state index in [-0.39, 0.29) is 18.0 Å². The van der Waals surface area contributed by atoms with Crippen LogP contribution >= 0.6 is 11.6 Å². The number of hydrogen-bond donors (Lipinski definition) is 0. The Morgan fingerprint density at radius 1 is 1.15 bits per heavy atom. The van der Waals surface area contributed by atoms with Gasteiger partial charge in [0.25, 0.3) is 5.56 Å². The Morgan fingerprint density at radius 3 is 2.70 bits per heavy atom. The number of imidazole rings is 1. The molecule has 27 heavy (non-hydrogen) atoms. The van der Waals surface area contributed by atoms with E-state index in [1.807, 2.05) is 12.1 Å². The van der Waals surface area contributed by atoms with Crippen LogP contribution in [-0.2, 0) is 26.6 Å². The van der Waals surface area contributed by atoms with Gasteiger partial charge in [0.2, 0.25) is 5.89 Å². The molecule has 0 spiro atoms. The van der Waals surface area contributed by atoms with Crippen LogP contribution in [0.15, 0.2) is 50.8 Å². The van der Waals surface area contributed by atoms with Crippen LogP contribution in [0.5, 0.6) is 0 Å². The zero-order valence-corrected chi connectivity index (χ0v) is 15.1. The Bertz CT molecular complexity index is 1220. The molecule has 0 radical (unpaired) electrons. The van der Waals surface area contributed by atoms with Gasteiger partial charge in [0.1, 0.15) is 17.6 Å². The van der Waals surface area contributed by atoms with Crippen LogP contribution in [0, 0.1) is 0 Å². The van der Waals surface area contributed by atoms with Gasteiger partial charge in [0.15, 0.2) is 0 Å². The lowest BCUT2D eigenvalue weighted by Gasteiger charge is -2.02. The van der Waals surface area contributed by atoms with Crippen LogP contribution in [0.2, 0.25) is 5.02 Å². The van der Waals surface area contributed by atoms with Crippen molar-refractivity contribution in [2.45, 2.75) is 19.5 Å². The molecular weight excluding hydrogens is 372 g/mol. The number of aryl methyl sites for hydroxylation is 3. The van der Waals surface area contributed by atoms with Gasteiger partial charge < -0.3 is 8.98 Å². The minimum Gasteiger partial charge on any atom is -0.390 e. The van der Waals surface area contributed by atoms with Gasteiger partial charge >= 0.3 is 5.76 Å². The number of benzene rings is 1. The molecule has 0 aliphatic carbocycles. The van der Waals surface area contributed by atoms with Gasteiger partial charge in [-0.1, -0.05) is 23.7 Å². The Kier molecular flexibility index (Phi) is 4.36. The smallest absolute Gasteiger partial charge is 0.390 e. The van der Waals surface area contributed by atoms with E-state index >= 15 is 0 Å². The highest BCUT2D eigenvalue weighted by atomic mass is 35.5. The maximum atomic E-state index is 12.5. The van der Waals surface area contributed by atoms with E-state index in [9.17, 15) is 9.59 Å². The van der Waals surface area contributed by atoms with E-state index in [4.69, 9.17) is 16.0 Å². The average molecular weight is 387 g/mol. The summed E-state index contributed by atoms with van der Waals surface area (Å²) in [4.78, 5) is 28.6. The summed E-state index contributed by atoms with van der Waals surface area (Å²) in [6, 6.07) is 7.36. The molecule has 0 amide bonds. The van der Waals surface area contributed by atoms with Gasteiger partial charge in [-0.05, 0) is 24.1 Å². The van der Waals surface area contributed by atoms with Gasteiger partial charge in [-0.3, -0.25) is 4.79 Å². The standard InChI is InChI=1S/C17H15ClN6O3/c1-22-10-19-13-8-20-24(16(25)15(13)22)9-14-21-23(17(26)27-14)7-6-11-2-4-12(18)5-3-11/h2-5,8,10H,6-7,9H2,1H3. The molecular formula is C17H15ClN6O3. The third-order valence-electron chi connectivity index (χ3n) is 4.18. The first kappa shape index (κ1) is 17.2. The van der Waals surface area contributed by atoms with Crippen molar-refractivity contribution in [2.24, 2.45) is 7.05 Å². The second-order valence-corrected chi connectivity index (χ2v) is 6.49. The molecule has 0 bridgehead atoms. The SMILES string of the molecule is Cn1cnc2cnn(Cc3nn(CCc4ccc(Cl)cc4)c(=O)o3)c(=O)c21. The molecule has 4 rings (SSSR count). The molecule has 0 saturated heterocycles. The van der Waals surface area contributed by atoms with Crippen molar-refractivity contribution in [1.82, 2.24) is 29.1 Å². The monoisotopic (exact) mass is 386 g/mol. The largest absolute Gasteiger partial charge is 0.437 e. The molecule has 0 aliphatic heterocycles. The molecule has 4 aromatic rings. The number of nitrogens with zero attached hydrogens (tertiary/aromatic N) is 6. The van der Waals surface area contributed by atoms with Crippen molar-refractivity contribution in [2.75, 3.05) is 0 Å². The van der Waals surface area contributed by atoms with Crippen LogP contribution < -0.4 is 11.3 Å². The molecule has 0 fully saturated rings. The fourth-order valence-electron chi connectivity index (χ4n) is 2.78. The first-order chi connectivity index (χ1) is 13.0. The Labute approximate surface area is 157 Å². The number of aromatic nitrogens is 6. The van der Waals surface area contributed by atoms with Crippen molar-refractivity contribution >= 4 is 22.6 Å². The average Bonchev–Trinajstić information content (AvgIpc) is 3.20. The van der Waals surface area contributed by atoms with Gasteiger partial charge in [0.05, 0.1) is 19.1 Å². The van der Waals surface area contributed by atoms with Crippen LogP contribution in [-0.4, -0.2) is 29.1 Å². The first-order valence-electron chi connectivity index (χ1n) is 8.19. The van der Waals surface area contributed by atoms with E-state index in [1.54, 1.807) is 30.1 Å². The van der Waals surface area contributed by atoms with Gasteiger partial charge in [0, 0.05) is 12.1 Å². The Morgan fingerprint density at radius 2 is 1.93 bits per heavy atom. The lowest BCUT2D eigenvalue weighted by molar-refractivity contribution is 0.425. The predicted octanol–water partition coefficient (Wildman–Crippen LogP) is 1.22. The van der Waals surface area contributed by atoms with Crippen LogP contribution in [0.4, 0.5) is 0 Å². The number of fused-ring (bicyclic) bond motifs is 1. The molecule has 0 saturated carbocycles. The second-order valence-electron chi connectivity index (χ2n) is 6.06. The van der Waals surface area contributed by atoms with Crippen LogP contribution in [0.1, 0.15) is 11.5 Å². The lowest BCUT2D eigenvalue weighted by Crippen LogP contribution is -2.24. The Balaban J connectivity index is 1.54. The summed E-state index contributed by atoms with van der Waals surface area (Å²) in [5.74, 6) is -0.458. The summed E-state index contributed by atoms with van der Waals surface area (Å²) in [6.45, 7) is 0.316. The lowest BCUT2D eigenvalue weighted by atomic mass is 10.1. The number of halogens is 1. The minimum atomic E-state index is -0.575. The third-order valence-corrected chi connectivity index (χ3v) is 4.43. The quantitative estimate of drug-likeness (QED) is 0.511. The number of rotatable bonds is 5. The molecule has 0 unspecified atom stereocenters. The molecule has 0 N–H and O–H groups in total. The fraction of sp³-hybridized carbons (Fsp3) is 0.235. The second kappa shape index (κ2) is 6.84. The van der Waals surface area contributed by atoms with E-state index in [2.05, 4.69) is 15.2 Å². The normalized spacial score (nSPS) is 11.3. The summed E-state index contributed by atoms with van der Waals surface area (Å²) in [5.41, 5.74) is 1.63. The molecule has 3 heterocycles. The van der Waals surface area contributed by atoms with Crippen molar-refractivity contribution in [3.8, 4) is 0 Å². The highest BCUT2D eigenvalue weighted by molar-refractivity contribution is 6.30. The van der Waals surface area contributed by atoms with Gasteiger partial charge in [-0.2, -0.15) is 9.78 Å². The van der Waals surface area contributed by atoms with E-state index in [0.717, 1.165) is 5.56 Å². The highest BCUT2D eigenvalue weighted by Gasteiger charge is 2.13. The van der Waals surface area contributed by atoms with Crippen molar-refractivity contribution in [3.05, 3.63) is 74.2 Å². The van der Waals surface area contributed by atoms with Crippen molar-refractivity contribution < 1.29 is 4.42 Å². The minimum absolute atomic E-state index is 0.0386. The van der Waals surface area contributed by atoms with E-state index in [1.165, 1.54) is 15.6 Å². The zero-order valence-electron chi connectivity index (χ0n) is 14.4. The summed E-state index contributed by atoms with van der Waals surface area (Å²) in [7, 11) is 1.73. The number of hydrogen-bond acceptors (Lipinski definition) is 6.